The maximum Gasteiger partial charge on any atom is 0.101 e. The average molecular weight is 201 g/mol. The number of benzene rings is 1. The van der Waals surface area contributed by atoms with Crippen molar-refractivity contribution in [3.05, 3.63) is 34.2 Å². The molecule has 70 valence electrons. The number of aryl methyl sites for hydroxylation is 2. The molecule has 1 aromatic carbocycles. The lowest BCUT2D eigenvalue weighted by molar-refractivity contribution is 1.16. The molecule has 0 saturated heterocycles. The maximum absolute atomic E-state index is 8.97. The Morgan fingerprint density at radius 3 is 2.86 bits per heavy atom. The Labute approximate surface area is 87.6 Å². The zero-order valence-corrected chi connectivity index (χ0v) is 9.11. The van der Waals surface area contributed by atoms with Crippen molar-refractivity contribution in [2.24, 2.45) is 0 Å². The summed E-state index contributed by atoms with van der Waals surface area (Å²) in [4.78, 5) is 1.39. The Balaban J connectivity index is 2.85. The van der Waals surface area contributed by atoms with Crippen molar-refractivity contribution in [2.75, 3.05) is 0 Å². The first-order chi connectivity index (χ1) is 6.77. The lowest BCUT2D eigenvalue weighted by atomic mass is 10.1. The molecule has 0 bridgehead atoms. The van der Waals surface area contributed by atoms with Gasteiger partial charge in [0.15, 0.2) is 0 Å². The van der Waals surface area contributed by atoms with Crippen molar-refractivity contribution in [1.82, 2.24) is 0 Å². The van der Waals surface area contributed by atoms with E-state index in [9.17, 15) is 0 Å². The van der Waals surface area contributed by atoms with Gasteiger partial charge in [-0.1, -0.05) is 19.1 Å². The molecule has 2 heteroatoms. The van der Waals surface area contributed by atoms with Gasteiger partial charge in [-0.15, -0.1) is 11.3 Å². The summed E-state index contributed by atoms with van der Waals surface area (Å²) in [5.74, 6) is 0. The van der Waals surface area contributed by atoms with Gasteiger partial charge in [-0.25, -0.2) is 0 Å². The first-order valence-corrected chi connectivity index (χ1v) is 5.50. The Hall–Kier alpha value is -1.33. The van der Waals surface area contributed by atoms with Crippen LogP contribution < -0.4 is 0 Å². The first kappa shape index (κ1) is 9.23. The molecule has 0 aliphatic carbocycles. The van der Waals surface area contributed by atoms with Gasteiger partial charge in [-0.2, -0.15) is 5.26 Å². The Morgan fingerprint density at radius 1 is 1.43 bits per heavy atom. The summed E-state index contributed by atoms with van der Waals surface area (Å²) >= 11 is 1.75. The fourth-order valence-corrected chi connectivity index (χ4v) is 2.93. The number of fused-ring (bicyclic) bond motifs is 1. The summed E-state index contributed by atoms with van der Waals surface area (Å²) < 4.78 is 1.14. The maximum atomic E-state index is 8.97. The van der Waals surface area contributed by atoms with E-state index in [2.05, 4.69) is 26.0 Å². The van der Waals surface area contributed by atoms with Crippen LogP contribution in [0.15, 0.2) is 18.2 Å². The van der Waals surface area contributed by atoms with Crippen molar-refractivity contribution < 1.29 is 0 Å². The molecule has 1 heterocycles. The molecule has 1 aromatic heterocycles. The van der Waals surface area contributed by atoms with Gasteiger partial charge in [0.25, 0.3) is 0 Å². The second kappa shape index (κ2) is 3.43. The molecule has 0 unspecified atom stereocenters. The normalized spacial score (nSPS) is 10.4. The van der Waals surface area contributed by atoms with E-state index in [1.807, 2.05) is 12.1 Å². The average Bonchev–Trinajstić information content (AvgIpc) is 2.55. The minimum atomic E-state index is 0.801. The van der Waals surface area contributed by atoms with Crippen LogP contribution in [0.25, 0.3) is 10.1 Å². The largest absolute Gasteiger partial charge is 0.192 e. The van der Waals surface area contributed by atoms with E-state index in [-0.39, 0.29) is 0 Å². The van der Waals surface area contributed by atoms with Gasteiger partial charge >= 0.3 is 0 Å². The van der Waals surface area contributed by atoms with Crippen LogP contribution in [0.5, 0.6) is 0 Å². The smallest absolute Gasteiger partial charge is 0.101 e. The zero-order chi connectivity index (χ0) is 10.1. The second-order valence-electron chi connectivity index (χ2n) is 3.30. The molecule has 0 saturated carbocycles. The van der Waals surface area contributed by atoms with Crippen molar-refractivity contribution in [1.29, 1.82) is 5.26 Å². The van der Waals surface area contributed by atoms with Crippen molar-refractivity contribution in [3.63, 3.8) is 0 Å². The van der Waals surface area contributed by atoms with Crippen LogP contribution in [0.4, 0.5) is 0 Å². The van der Waals surface area contributed by atoms with Crippen LogP contribution in [0.3, 0.4) is 0 Å². The van der Waals surface area contributed by atoms with E-state index in [0.717, 1.165) is 16.7 Å². The van der Waals surface area contributed by atoms with E-state index in [4.69, 9.17) is 5.26 Å². The van der Waals surface area contributed by atoms with Crippen LogP contribution >= 0.6 is 11.3 Å². The zero-order valence-electron chi connectivity index (χ0n) is 8.29. The van der Waals surface area contributed by atoms with E-state index in [0.29, 0.717) is 0 Å². The number of nitrogens with zero attached hydrogens (tertiary/aromatic N) is 1. The predicted octanol–water partition coefficient (Wildman–Crippen LogP) is 3.64. The second-order valence-corrected chi connectivity index (χ2v) is 4.40. The van der Waals surface area contributed by atoms with Crippen LogP contribution in [0.2, 0.25) is 0 Å². The van der Waals surface area contributed by atoms with Crippen molar-refractivity contribution in [2.45, 2.75) is 20.3 Å². The molecule has 0 atom stereocenters. The molecule has 0 radical (unpaired) electrons. The minimum Gasteiger partial charge on any atom is -0.192 e. The number of nitriles is 1. The summed E-state index contributed by atoms with van der Waals surface area (Å²) in [7, 11) is 0. The van der Waals surface area contributed by atoms with Crippen LogP contribution in [0, 0.1) is 18.3 Å². The summed E-state index contributed by atoms with van der Waals surface area (Å²) in [6.45, 7) is 4.29. The summed E-state index contributed by atoms with van der Waals surface area (Å²) in [6, 6.07) is 8.19. The van der Waals surface area contributed by atoms with Gasteiger partial charge in [-0.3, -0.25) is 0 Å². The molecule has 0 N–H and O–H groups in total. The Bertz CT molecular complexity index is 517. The molecular weight excluding hydrogens is 190 g/mol. The van der Waals surface area contributed by atoms with Crippen LogP contribution in [-0.2, 0) is 6.42 Å². The standard InChI is InChI=1S/C12H11NS/c1-3-11-8(2)10-6-4-5-9(7-13)12(10)14-11/h4-6H,3H2,1-2H3. The van der Waals surface area contributed by atoms with E-state index in [1.165, 1.54) is 15.8 Å². The topological polar surface area (TPSA) is 23.8 Å². The molecule has 0 aliphatic rings. The Morgan fingerprint density at radius 2 is 2.21 bits per heavy atom. The highest BCUT2D eigenvalue weighted by Crippen LogP contribution is 2.33. The van der Waals surface area contributed by atoms with Crippen molar-refractivity contribution >= 4 is 21.4 Å². The monoisotopic (exact) mass is 201 g/mol. The SMILES string of the molecule is CCc1sc2c(C#N)cccc2c1C. The lowest BCUT2D eigenvalue weighted by Gasteiger charge is -1.93. The number of thiophene rings is 1. The molecule has 2 rings (SSSR count). The molecule has 0 amide bonds. The van der Waals surface area contributed by atoms with E-state index in [1.54, 1.807) is 11.3 Å². The molecule has 0 spiro atoms. The number of rotatable bonds is 1. The predicted molar refractivity (Wildman–Crippen MR) is 60.7 cm³/mol. The minimum absolute atomic E-state index is 0.801. The highest BCUT2D eigenvalue weighted by atomic mass is 32.1. The lowest BCUT2D eigenvalue weighted by Crippen LogP contribution is -1.76. The van der Waals surface area contributed by atoms with Gasteiger partial charge < -0.3 is 0 Å². The number of hydrogen-bond donors (Lipinski definition) is 0. The Kier molecular flexibility index (Phi) is 2.26. The molecule has 0 fully saturated rings. The molecular formula is C12H11NS. The third-order valence-corrected chi connectivity index (χ3v) is 3.99. The van der Waals surface area contributed by atoms with Gasteiger partial charge in [0.1, 0.15) is 6.07 Å². The van der Waals surface area contributed by atoms with E-state index >= 15 is 0 Å². The summed E-state index contributed by atoms with van der Waals surface area (Å²) in [6.07, 6.45) is 1.05. The van der Waals surface area contributed by atoms with Gasteiger partial charge in [-0.05, 0) is 30.4 Å². The molecule has 1 nitrogen and oxygen atoms in total. The summed E-state index contributed by atoms with van der Waals surface area (Å²) in [5.41, 5.74) is 2.14. The molecule has 2 aromatic rings. The van der Waals surface area contributed by atoms with E-state index < -0.39 is 0 Å². The van der Waals surface area contributed by atoms with Crippen molar-refractivity contribution in [3.8, 4) is 6.07 Å². The quantitative estimate of drug-likeness (QED) is 0.691. The number of hydrogen-bond acceptors (Lipinski definition) is 2. The molecule has 0 aliphatic heterocycles. The fourth-order valence-electron chi connectivity index (χ4n) is 1.72. The highest BCUT2D eigenvalue weighted by Gasteiger charge is 2.09. The molecule has 14 heavy (non-hydrogen) atoms. The first-order valence-electron chi connectivity index (χ1n) is 4.69. The van der Waals surface area contributed by atoms with Crippen LogP contribution in [0.1, 0.15) is 22.9 Å². The van der Waals surface area contributed by atoms with Gasteiger partial charge in [0.2, 0.25) is 0 Å². The third-order valence-electron chi connectivity index (χ3n) is 2.50. The third kappa shape index (κ3) is 1.21. The van der Waals surface area contributed by atoms with Gasteiger partial charge in [0, 0.05) is 4.88 Å². The summed E-state index contributed by atoms with van der Waals surface area (Å²) in [5, 5.41) is 10.2. The van der Waals surface area contributed by atoms with Gasteiger partial charge in [0.05, 0.1) is 10.3 Å². The van der Waals surface area contributed by atoms with Crippen LogP contribution in [-0.4, -0.2) is 0 Å². The highest BCUT2D eigenvalue weighted by molar-refractivity contribution is 7.19. The fraction of sp³-hybridized carbons (Fsp3) is 0.250.